The first-order valence-corrected chi connectivity index (χ1v) is 6.05. The lowest BCUT2D eigenvalue weighted by Gasteiger charge is -2.09. The smallest absolute Gasteiger partial charge is 0.411 e. The van der Waals surface area contributed by atoms with Crippen LogP contribution in [0.5, 0.6) is 0 Å². The first kappa shape index (κ1) is 14.8. The zero-order valence-corrected chi connectivity index (χ0v) is 11.0. The molecule has 1 aromatic carbocycles. The van der Waals surface area contributed by atoms with Crippen LogP contribution in [-0.4, -0.2) is 25.3 Å². The molecule has 19 heavy (non-hydrogen) atoms. The van der Waals surface area contributed by atoms with Gasteiger partial charge in [0, 0.05) is 0 Å². The molecule has 0 aliphatic carbocycles. The number of carbonyl (C=O) groups excluding carboxylic acids is 2. The van der Waals surface area contributed by atoms with E-state index in [9.17, 15) is 9.59 Å². The van der Waals surface area contributed by atoms with Crippen molar-refractivity contribution in [2.75, 3.05) is 13.2 Å². The predicted octanol–water partition coefficient (Wildman–Crippen LogP) is 2.34. The van der Waals surface area contributed by atoms with Crippen molar-refractivity contribution in [1.82, 2.24) is 5.32 Å². The monoisotopic (exact) mass is 263 g/mol. The van der Waals surface area contributed by atoms with Crippen molar-refractivity contribution in [2.24, 2.45) is 0 Å². The van der Waals surface area contributed by atoms with Gasteiger partial charge in [-0.3, -0.25) is 5.32 Å². The van der Waals surface area contributed by atoms with E-state index in [1.54, 1.807) is 13.8 Å². The van der Waals surface area contributed by atoms with E-state index in [-0.39, 0.29) is 18.9 Å². The van der Waals surface area contributed by atoms with Crippen molar-refractivity contribution < 1.29 is 19.1 Å². The maximum absolute atomic E-state index is 11.7. The van der Waals surface area contributed by atoms with Gasteiger partial charge in [0.1, 0.15) is 5.70 Å². The van der Waals surface area contributed by atoms with Crippen LogP contribution in [0, 0.1) is 0 Å². The maximum Gasteiger partial charge on any atom is 0.411 e. The summed E-state index contributed by atoms with van der Waals surface area (Å²) in [6, 6.07) is 9.15. The summed E-state index contributed by atoms with van der Waals surface area (Å²) in [4.78, 5) is 23.1. The molecular weight excluding hydrogens is 246 g/mol. The lowest BCUT2D eigenvalue weighted by atomic mass is 10.2. The summed E-state index contributed by atoms with van der Waals surface area (Å²) in [7, 11) is 0. The Kier molecular flexibility index (Phi) is 6.15. The van der Waals surface area contributed by atoms with Gasteiger partial charge in [0.2, 0.25) is 0 Å². The van der Waals surface area contributed by atoms with Gasteiger partial charge in [0.25, 0.3) is 0 Å². The van der Waals surface area contributed by atoms with Gasteiger partial charge in [-0.1, -0.05) is 30.3 Å². The fourth-order valence-electron chi connectivity index (χ4n) is 1.35. The summed E-state index contributed by atoms with van der Waals surface area (Å²) in [6.07, 6.45) is 0.854. The molecule has 1 rings (SSSR count). The first-order valence-electron chi connectivity index (χ1n) is 6.05. The molecule has 5 nitrogen and oxygen atoms in total. The minimum atomic E-state index is -0.683. The molecule has 0 aliphatic heterocycles. The van der Waals surface area contributed by atoms with Gasteiger partial charge >= 0.3 is 12.1 Å². The Morgan fingerprint density at radius 3 is 2.32 bits per heavy atom. The van der Waals surface area contributed by atoms with E-state index in [4.69, 9.17) is 9.47 Å². The highest BCUT2D eigenvalue weighted by atomic mass is 16.6. The molecule has 0 saturated carbocycles. The average molecular weight is 263 g/mol. The zero-order chi connectivity index (χ0) is 14.1. The highest BCUT2D eigenvalue weighted by molar-refractivity contribution is 5.96. The quantitative estimate of drug-likeness (QED) is 0.654. The summed E-state index contributed by atoms with van der Waals surface area (Å²) in [5.74, 6) is -0.598. The number of nitrogens with one attached hydrogen (secondary N) is 1. The first-order chi connectivity index (χ1) is 9.17. The summed E-state index contributed by atoms with van der Waals surface area (Å²) in [6.45, 7) is 3.84. The second-order valence-corrected chi connectivity index (χ2v) is 3.53. The number of rotatable bonds is 5. The number of amides is 1. The van der Waals surface area contributed by atoms with Crippen molar-refractivity contribution in [3.8, 4) is 0 Å². The minimum absolute atomic E-state index is 0.0477. The van der Waals surface area contributed by atoms with E-state index in [0.29, 0.717) is 0 Å². The molecule has 0 fully saturated rings. The van der Waals surface area contributed by atoms with Crippen LogP contribution < -0.4 is 5.32 Å². The number of alkyl carbamates (subject to hydrolysis) is 1. The molecule has 0 aromatic heterocycles. The average Bonchev–Trinajstić information content (AvgIpc) is 2.40. The molecule has 0 bridgehead atoms. The SMILES string of the molecule is CCOC(=O)NC(=Cc1ccccc1)C(=O)OCC. The normalized spacial score (nSPS) is 10.7. The molecule has 0 atom stereocenters. The highest BCUT2D eigenvalue weighted by Gasteiger charge is 2.14. The van der Waals surface area contributed by atoms with Crippen LogP contribution in [0.15, 0.2) is 36.0 Å². The second kappa shape index (κ2) is 7.92. The standard InChI is InChI=1S/C14H17NO4/c1-3-18-13(16)12(15-14(17)19-4-2)10-11-8-6-5-7-9-11/h5-10H,3-4H2,1-2H3,(H,15,17). The lowest BCUT2D eigenvalue weighted by molar-refractivity contribution is -0.138. The van der Waals surface area contributed by atoms with Crippen molar-refractivity contribution in [3.05, 3.63) is 41.6 Å². The summed E-state index contributed by atoms with van der Waals surface area (Å²) < 4.78 is 9.62. The number of benzene rings is 1. The van der Waals surface area contributed by atoms with Gasteiger partial charge in [0.15, 0.2) is 0 Å². The molecule has 102 valence electrons. The van der Waals surface area contributed by atoms with Crippen LogP contribution in [-0.2, 0) is 14.3 Å². The Labute approximate surface area is 112 Å². The zero-order valence-electron chi connectivity index (χ0n) is 11.0. The van der Waals surface area contributed by atoms with Gasteiger partial charge in [-0.25, -0.2) is 9.59 Å². The number of hydrogen-bond acceptors (Lipinski definition) is 4. The molecule has 0 spiro atoms. The number of carbonyl (C=O) groups is 2. The predicted molar refractivity (Wildman–Crippen MR) is 71.2 cm³/mol. The molecule has 1 aromatic rings. The van der Waals surface area contributed by atoms with E-state index in [1.807, 2.05) is 30.3 Å². The lowest BCUT2D eigenvalue weighted by Crippen LogP contribution is -2.29. The van der Waals surface area contributed by atoms with Gasteiger partial charge in [-0.05, 0) is 25.5 Å². The molecular formula is C14H17NO4. The fourth-order valence-corrected chi connectivity index (χ4v) is 1.35. The minimum Gasteiger partial charge on any atom is -0.461 e. The number of ether oxygens (including phenoxy) is 2. The molecule has 0 saturated heterocycles. The molecule has 0 radical (unpaired) electrons. The largest absolute Gasteiger partial charge is 0.461 e. The number of esters is 1. The Hall–Kier alpha value is -2.30. The van der Waals surface area contributed by atoms with E-state index in [2.05, 4.69) is 5.32 Å². The Morgan fingerprint density at radius 1 is 1.11 bits per heavy atom. The van der Waals surface area contributed by atoms with E-state index in [0.717, 1.165) is 5.56 Å². The third kappa shape index (κ3) is 5.25. The topological polar surface area (TPSA) is 64.6 Å². The maximum atomic E-state index is 11.7. The van der Waals surface area contributed by atoms with Crippen LogP contribution in [0.1, 0.15) is 19.4 Å². The summed E-state index contributed by atoms with van der Waals surface area (Å²) >= 11 is 0. The van der Waals surface area contributed by atoms with Crippen molar-refractivity contribution in [3.63, 3.8) is 0 Å². The third-order valence-electron chi connectivity index (χ3n) is 2.12. The Morgan fingerprint density at radius 2 is 1.74 bits per heavy atom. The summed E-state index contributed by atoms with van der Waals surface area (Å²) in [5.41, 5.74) is 0.828. The van der Waals surface area contributed by atoms with Crippen molar-refractivity contribution in [1.29, 1.82) is 0 Å². The van der Waals surface area contributed by atoms with E-state index in [1.165, 1.54) is 6.08 Å². The van der Waals surface area contributed by atoms with Crippen LogP contribution in [0.3, 0.4) is 0 Å². The van der Waals surface area contributed by atoms with Crippen LogP contribution >= 0.6 is 0 Å². The van der Waals surface area contributed by atoms with Gasteiger partial charge in [-0.2, -0.15) is 0 Å². The van der Waals surface area contributed by atoms with Crippen LogP contribution in [0.4, 0.5) is 4.79 Å². The Bertz CT molecular complexity index is 454. The van der Waals surface area contributed by atoms with Gasteiger partial charge in [-0.15, -0.1) is 0 Å². The van der Waals surface area contributed by atoms with Crippen LogP contribution in [0.2, 0.25) is 0 Å². The van der Waals surface area contributed by atoms with E-state index >= 15 is 0 Å². The van der Waals surface area contributed by atoms with E-state index < -0.39 is 12.1 Å². The summed E-state index contributed by atoms with van der Waals surface area (Å²) in [5, 5.41) is 2.38. The second-order valence-electron chi connectivity index (χ2n) is 3.53. The molecule has 0 heterocycles. The van der Waals surface area contributed by atoms with Gasteiger partial charge < -0.3 is 9.47 Å². The molecule has 0 aliphatic rings. The van der Waals surface area contributed by atoms with Gasteiger partial charge in [0.05, 0.1) is 13.2 Å². The van der Waals surface area contributed by atoms with Crippen molar-refractivity contribution >= 4 is 18.1 Å². The number of hydrogen-bond donors (Lipinski definition) is 1. The molecule has 1 N–H and O–H groups in total. The fraction of sp³-hybridized carbons (Fsp3) is 0.286. The highest BCUT2D eigenvalue weighted by Crippen LogP contribution is 2.06. The van der Waals surface area contributed by atoms with Crippen molar-refractivity contribution in [2.45, 2.75) is 13.8 Å². The third-order valence-corrected chi connectivity index (χ3v) is 2.12. The Balaban J connectivity index is 2.89. The molecule has 5 heteroatoms. The molecule has 1 amide bonds. The van der Waals surface area contributed by atoms with Crippen LogP contribution in [0.25, 0.3) is 6.08 Å². The molecule has 0 unspecified atom stereocenters.